The summed E-state index contributed by atoms with van der Waals surface area (Å²) in [6.45, 7) is 6.72. The lowest BCUT2D eigenvalue weighted by atomic mass is 9.86. The Bertz CT molecular complexity index is 548. The quantitative estimate of drug-likeness (QED) is 0.782. The Labute approximate surface area is 134 Å². The van der Waals surface area contributed by atoms with Crippen LogP contribution in [0.3, 0.4) is 0 Å². The van der Waals surface area contributed by atoms with Crippen LogP contribution in [-0.4, -0.2) is 56.1 Å². The van der Waals surface area contributed by atoms with Gasteiger partial charge in [0.15, 0.2) is 0 Å². The number of alkyl halides is 3. The topological polar surface area (TPSA) is 58.6 Å². The van der Waals surface area contributed by atoms with Crippen LogP contribution in [0.5, 0.6) is 0 Å². The van der Waals surface area contributed by atoms with E-state index in [0.717, 1.165) is 18.2 Å². The number of ether oxygens (including phenoxy) is 1. The largest absolute Gasteiger partial charge is 0.398 e. The highest BCUT2D eigenvalue weighted by Crippen LogP contribution is 2.45. The Morgan fingerprint density at radius 3 is 2.30 bits per heavy atom. The fraction of sp³-hybridized carbons (Fsp3) is 0.857. The van der Waals surface area contributed by atoms with Gasteiger partial charge in [0.25, 0.3) is 0 Å². The second-order valence-corrected chi connectivity index (χ2v) is 8.59. The molecular weight excluding hydrogens is 333 g/mol. The van der Waals surface area contributed by atoms with Gasteiger partial charge in [0.1, 0.15) is 5.72 Å². The first-order valence-electron chi connectivity index (χ1n) is 7.57. The van der Waals surface area contributed by atoms with Crippen LogP contribution in [-0.2, 0) is 14.8 Å². The van der Waals surface area contributed by atoms with Crippen molar-refractivity contribution >= 4 is 10.0 Å². The first-order valence-corrected chi connectivity index (χ1v) is 9.07. The van der Waals surface area contributed by atoms with Gasteiger partial charge in [0, 0.05) is 32.5 Å². The fourth-order valence-corrected chi connectivity index (χ4v) is 5.03. The normalized spacial score (nSPS) is 26.8. The van der Waals surface area contributed by atoms with Crippen molar-refractivity contribution in [1.29, 1.82) is 0 Å². The monoisotopic (exact) mass is 356 g/mol. The first kappa shape index (κ1) is 18.7. The minimum Gasteiger partial charge on any atom is -0.359 e. The van der Waals surface area contributed by atoms with Gasteiger partial charge in [-0.15, -0.1) is 6.58 Å². The number of sulfonamides is 1. The molecule has 5 nitrogen and oxygen atoms in total. The van der Waals surface area contributed by atoms with E-state index in [4.69, 9.17) is 4.74 Å². The molecule has 0 aliphatic carbocycles. The van der Waals surface area contributed by atoms with E-state index in [9.17, 15) is 21.6 Å². The third-order valence-electron chi connectivity index (χ3n) is 5.14. The molecule has 9 heteroatoms. The standard InChI is InChI=1S/C14H23F3N2O3S/c1-4-12(3,14(15,16)17)11(2)23(20,21)19-8-5-13(6-9-19)18-7-10-22-13/h4,11,18H,1,5-10H2,2-3H3/t11-,12?/m0/s1. The van der Waals surface area contributed by atoms with Crippen LogP contribution in [0.2, 0.25) is 0 Å². The van der Waals surface area contributed by atoms with Crippen LogP contribution in [0, 0.1) is 5.41 Å². The zero-order chi connectivity index (χ0) is 17.5. The average molecular weight is 356 g/mol. The van der Waals surface area contributed by atoms with Gasteiger partial charge in [0.05, 0.1) is 17.3 Å². The third kappa shape index (κ3) is 3.16. The highest BCUT2D eigenvalue weighted by molar-refractivity contribution is 7.89. The molecule has 1 N–H and O–H groups in total. The van der Waals surface area contributed by atoms with Crippen LogP contribution < -0.4 is 5.32 Å². The molecule has 2 atom stereocenters. The SMILES string of the molecule is C=CC(C)([C@H](C)S(=O)(=O)N1CCC2(CC1)NCCO2)C(F)(F)F. The fourth-order valence-electron chi connectivity index (χ4n) is 3.04. The highest BCUT2D eigenvalue weighted by Gasteiger charge is 2.57. The van der Waals surface area contributed by atoms with Crippen molar-refractivity contribution in [3.8, 4) is 0 Å². The Hall–Kier alpha value is -0.640. The molecule has 0 amide bonds. The molecule has 2 saturated heterocycles. The van der Waals surface area contributed by atoms with Gasteiger partial charge in [0.2, 0.25) is 10.0 Å². The average Bonchev–Trinajstić information content (AvgIpc) is 2.93. The Kier molecular flexibility index (Phi) is 4.89. The zero-order valence-corrected chi connectivity index (χ0v) is 14.1. The molecule has 2 fully saturated rings. The van der Waals surface area contributed by atoms with Crippen LogP contribution in [0.25, 0.3) is 0 Å². The van der Waals surface area contributed by atoms with E-state index in [1.54, 1.807) is 0 Å². The smallest absolute Gasteiger partial charge is 0.359 e. The molecule has 23 heavy (non-hydrogen) atoms. The number of piperidine rings is 1. The van der Waals surface area contributed by atoms with Crippen molar-refractivity contribution < 1.29 is 26.3 Å². The molecule has 2 heterocycles. The summed E-state index contributed by atoms with van der Waals surface area (Å²) in [6.07, 6.45) is -3.15. The van der Waals surface area contributed by atoms with Gasteiger partial charge in [-0.1, -0.05) is 6.08 Å². The van der Waals surface area contributed by atoms with E-state index in [-0.39, 0.29) is 13.1 Å². The molecule has 1 spiro atoms. The summed E-state index contributed by atoms with van der Waals surface area (Å²) < 4.78 is 72.0. The van der Waals surface area contributed by atoms with Gasteiger partial charge in [-0.05, 0) is 13.8 Å². The van der Waals surface area contributed by atoms with Gasteiger partial charge in [-0.3, -0.25) is 5.32 Å². The number of allylic oxidation sites excluding steroid dienone is 1. The van der Waals surface area contributed by atoms with Gasteiger partial charge < -0.3 is 4.74 Å². The van der Waals surface area contributed by atoms with Crippen LogP contribution in [0.4, 0.5) is 13.2 Å². The second-order valence-electron chi connectivity index (χ2n) is 6.34. The molecule has 0 saturated carbocycles. The highest BCUT2D eigenvalue weighted by atomic mass is 32.2. The molecule has 0 aromatic carbocycles. The summed E-state index contributed by atoms with van der Waals surface area (Å²) in [5.41, 5.74) is -3.02. The minimum absolute atomic E-state index is 0.144. The van der Waals surface area contributed by atoms with Crippen molar-refractivity contribution in [3.63, 3.8) is 0 Å². The van der Waals surface area contributed by atoms with Crippen LogP contribution in [0.15, 0.2) is 12.7 Å². The van der Waals surface area contributed by atoms with Crippen LogP contribution in [0.1, 0.15) is 26.7 Å². The molecule has 2 aliphatic rings. The van der Waals surface area contributed by atoms with Gasteiger partial charge in [-0.25, -0.2) is 12.7 Å². The molecule has 0 aromatic rings. The summed E-state index contributed by atoms with van der Waals surface area (Å²) in [5.74, 6) is 0. The van der Waals surface area contributed by atoms with E-state index in [1.165, 1.54) is 0 Å². The van der Waals surface area contributed by atoms with E-state index in [2.05, 4.69) is 11.9 Å². The molecule has 1 unspecified atom stereocenters. The molecule has 0 aromatic heterocycles. The van der Waals surface area contributed by atoms with Crippen molar-refractivity contribution in [3.05, 3.63) is 12.7 Å². The van der Waals surface area contributed by atoms with E-state index < -0.39 is 32.6 Å². The predicted octanol–water partition coefficient (Wildman–Crippen LogP) is 1.87. The third-order valence-corrected chi connectivity index (χ3v) is 7.61. The number of halogens is 3. The van der Waals surface area contributed by atoms with E-state index >= 15 is 0 Å². The van der Waals surface area contributed by atoms with E-state index in [0.29, 0.717) is 32.1 Å². The lowest BCUT2D eigenvalue weighted by Crippen LogP contribution is -2.56. The lowest BCUT2D eigenvalue weighted by Gasteiger charge is -2.41. The summed E-state index contributed by atoms with van der Waals surface area (Å²) in [5, 5.41) is 1.56. The molecule has 134 valence electrons. The van der Waals surface area contributed by atoms with Crippen LogP contribution >= 0.6 is 0 Å². The summed E-state index contributed by atoms with van der Waals surface area (Å²) in [6, 6.07) is 0. The Morgan fingerprint density at radius 1 is 1.35 bits per heavy atom. The zero-order valence-electron chi connectivity index (χ0n) is 13.3. The lowest BCUT2D eigenvalue weighted by molar-refractivity contribution is -0.199. The van der Waals surface area contributed by atoms with Crippen molar-refractivity contribution in [2.75, 3.05) is 26.2 Å². The van der Waals surface area contributed by atoms with Gasteiger partial charge >= 0.3 is 6.18 Å². The maximum Gasteiger partial charge on any atom is 0.398 e. The molecule has 2 aliphatic heterocycles. The molecule has 0 bridgehead atoms. The maximum atomic E-state index is 13.3. The number of hydrogen-bond donors (Lipinski definition) is 1. The number of rotatable bonds is 4. The number of hydrogen-bond acceptors (Lipinski definition) is 4. The molecule has 2 rings (SSSR count). The van der Waals surface area contributed by atoms with Crippen molar-refractivity contribution in [1.82, 2.24) is 9.62 Å². The first-order chi connectivity index (χ1) is 10.5. The Morgan fingerprint density at radius 2 is 1.91 bits per heavy atom. The predicted molar refractivity (Wildman–Crippen MR) is 80.2 cm³/mol. The number of nitrogens with one attached hydrogen (secondary N) is 1. The summed E-state index contributed by atoms with van der Waals surface area (Å²) >= 11 is 0. The molecule has 0 radical (unpaired) electrons. The number of nitrogens with zero attached hydrogens (tertiary/aromatic N) is 1. The summed E-state index contributed by atoms with van der Waals surface area (Å²) in [4.78, 5) is 0. The second kappa shape index (κ2) is 6.02. The van der Waals surface area contributed by atoms with E-state index in [1.807, 2.05) is 0 Å². The van der Waals surface area contributed by atoms with Crippen molar-refractivity contribution in [2.24, 2.45) is 5.41 Å². The van der Waals surface area contributed by atoms with Gasteiger partial charge in [-0.2, -0.15) is 13.2 Å². The van der Waals surface area contributed by atoms with Crippen molar-refractivity contribution in [2.45, 2.75) is 43.8 Å². The summed E-state index contributed by atoms with van der Waals surface area (Å²) in [7, 11) is -4.10. The molecular formula is C14H23F3N2O3S. The maximum absolute atomic E-state index is 13.3. The Balaban J connectivity index is 2.17. The minimum atomic E-state index is -4.69.